The molecular weight excluding hydrogens is 330 g/mol. The van der Waals surface area contributed by atoms with Gasteiger partial charge in [-0.05, 0) is 40.2 Å². The number of hydrogen-bond acceptors (Lipinski definition) is 5. The number of thiol groups is 1. The Labute approximate surface area is 147 Å². The molecule has 0 aliphatic carbocycles. The summed E-state index contributed by atoms with van der Waals surface area (Å²) in [6, 6.07) is 8.59. The fourth-order valence-electron chi connectivity index (χ4n) is 2.65. The Morgan fingerprint density at radius 1 is 1.21 bits per heavy atom. The van der Waals surface area contributed by atoms with Crippen molar-refractivity contribution in [2.24, 2.45) is 0 Å². The van der Waals surface area contributed by atoms with Gasteiger partial charge in [0.2, 0.25) is 6.29 Å². The molecule has 132 valence electrons. The van der Waals surface area contributed by atoms with Crippen molar-refractivity contribution in [1.29, 1.82) is 0 Å². The van der Waals surface area contributed by atoms with Gasteiger partial charge in [0.1, 0.15) is 17.4 Å². The highest BCUT2D eigenvalue weighted by Gasteiger charge is 2.53. The van der Waals surface area contributed by atoms with Crippen LogP contribution in [-0.2, 0) is 14.2 Å². The number of carbonyl (C=O) groups is 2. The van der Waals surface area contributed by atoms with E-state index in [0.717, 1.165) is 5.56 Å². The number of rotatable bonds is 2. The molecule has 0 N–H and O–H groups in total. The maximum atomic E-state index is 12.8. The summed E-state index contributed by atoms with van der Waals surface area (Å²) in [7, 11) is 0. The fraction of sp³-hybridized carbons (Fsp3) is 0.529. The molecule has 1 saturated heterocycles. The van der Waals surface area contributed by atoms with Crippen molar-refractivity contribution in [1.82, 2.24) is 4.90 Å². The summed E-state index contributed by atoms with van der Waals surface area (Å²) in [6.07, 6.45) is -1.51. The van der Waals surface area contributed by atoms with Crippen LogP contribution in [0, 0.1) is 0 Å². The third kappa shape index (κ3) is 4.21. The molecule has 24 heavy (non-hydrogen) atoms. The predicted molar refractivity (Wildman–Crippen MR) is 91.7 cm³/mol. The zero-order valence-corrected chi connectivity index (χ0v) is 15.4. The van der Waals surface area contributed by atoms with Gasteiger partial charge in [0.05, 0.1) is 0 Å². The minimum absolute atomic E-state index is 0.543. The van der Waals surface area contributed by atoms with Gasteiger partial charge >= 0.3 is 11.4 Å². The lowest BCUT2D eigenvalue weighted by Crippen LogP contribution is -2.47. The number of ether oxygens (including phenoxy) is 3. The first kappa shape index (κ1) is 18.6. The molecule has 0 saturated carbocycles. The molecule has 0 unspecified atom stereocenters. The number of benzene rings is 1. The van der Waals surface area contributed by atoms with Crippen LogP contribution < -0.4 is 0 Å². The number of nitrogens with zero attached hydrogens (tertiary/aromatic N) is 1. The lowest BCUT2D eigenvalue weighted by molar-refractivity contribution is -0.139. The van der Waals surface area contributed by atoms with E-state index in [1.165, 1.54) is 4.90 Å². The maximum Gasteiger partial charge on any atom is 0.413 e. The van der Waals surface area contributed by atoms with Crippen LogP contribution in [0.1, 0.15) is 46.2 Å². The van der Waals surface area contributed by atoms with Crippen LogP contribution in [0.25, 0.3) is 0 Å². The van der Waals surface area contributed by atoms with Crippen molar-refractivity contribution < 1.29 is 23.8 Å². The topological polar surface area (TPSA) is 65.1 Å². The Balaban J connectivity index is 2.43. The van der Waals surface area contributed by atoms with Crippen molar-refractivity contribution in [3.05, 3.63) is 35.9 Å². The van der Waals surface area contributed by atoms with Gasteiger partial charge in [-0.3, -0.25) is 4.90 Å². The molecule has 0 bridgehead atoms. The SMILES string of the molecule is CC(C)(C)OC(=O)N1[C@@H](c2ccccc2)[C@@H](OC(=O)S)OC1(C)C. The zero-order valence-electron chi connectivity index (χ0n) is 14.5. The molecule has 2 rings (SSSR count). The first-order valence-electron chi connectivity index (χ1n) is 7.66. The van der Waals surface area contributed by atoms with Crippen molar-refractivity contribution >= 4 is 24.0 Å². The number of hydrogen-bond donors (Lipinski definition) is 1. The minimum atomic E-state index is -1.02. The molecule has 6 nitrogen and oxygen atoms in total. The van der Waals surface area contributed by atoms with Gasteiger partial charge in [-0.1, -0.05) is 43.0 Å². The first-order chi connectivity index (χ1) is 11.0. The summed E-state index contributed by atoms with van der Waals surface area (Å²) in [6.45, 7) is 8.81. The molecule has 1 aromatic carbocycles. The third-order valence-corrected chi connectivity index (χ3v) is 3.57. The summed E-state index contributed by atoms with van der Waals surface area (Å²) in [4.78, 5) is 25.5. The molecule has 1 aliphatic heterocycles. The zero-order chi connectivity index (χ0) is 18.1. The third-order valence-electron chi connectivity index (χ3n) is 3.47. The van der Waals surface area contributed by atoms with Gasteiger partial charge in [-0.25, -0.2) is 9.59 Å². The molecule has 7 heteroatoms. The molecule has 1 heterocycles. The standard InChI is InChI=1S/C17H23NO5S/c1-16(2,3)23-14(19)18-12(11-9-7-6-8-10-11)13(21-15(20)24)22-17(18,4)5/h6-10,12-13H,1-5H3,(H,20,24)/t12-,13-/m0/s1. The van der Waals surface area contributed by atoms with E-state index in [-0.39, 0.29) is 0 Å². The highest BCUT2D eigenvalue weighted by Crippen LogP contribution is 2.43. The van der Waals surface area contributed by atoms with E-state index < -0.39 is 35.1 Å². The van der Waals surface area contributed by atoms with Crippen LogP contribution in [0.4, 0.5) is 9.59 Å². The number of amides is 1. The second-order valence-corrected chi connectivity index (χ2v) is 7.39. The van der Waals surface area contributed by atoms with Crippen molar-refractivity contribution in [3.8, 4) is 0 Å². The van der Waals surface area contributed by atoms with Crippen LogP contribution in [0.2, 0.25) is 0 Å². The largest absolute Gasteiger partial charge is 0.444 e. The summed E-state index contributed by atoms with van der Waals surface area (Å²) in [5.74, 6) is 0. The van der Waals surface area contributed by atoms with Crippen molar-refractivity contribution in [2.45, 2.75) is 58.3 Å². The Bertz CT molecular complexity index is 611. The number of carbonyl (C=O) groups excluding carboxylic acids is 2. The van der Waals surface area contributed by atoms with E-state index in [1.54, 1.807) is 34.6 Å². The van der Waals surface area contributed by atoms with E-state index in [1.807, 2.05) is 30.3 Å². The highest BCUT2D eigenvalue weighted by molar-refractivity contribution is 7.96. The summed E-state index contributed by atoms with van der Waals surface area (Å²) in [5.41, 5.74) is -0.905. The molecule has 0 spiro atoms. The Hall–Kier alpha value is -1.73. The smallest absolute Gasteiger partial charge is 0.413 e. The van der Waals surface area contributed by atoms with Crippen LogP contribution in [0.5, 0.6) is 0 Å². The average molecular weight is 353 g/mol. The Morgan fingerprint density at radius 2 is 1.79 bits per heavy atom. The molecule has 0 radical (unpaired) electrons. The Kier molecular flexibility index (Phi) is 5.15. The minimum Gasteiger partial charge on any atom is -0.444 e. The summed E-state index contributed by atoms with van der Waals surface area (Å²) < 4.78 is 16.5. The fourth-order valence-corrected chi connectivity index (χ4v) is 2.75. The summed E-state index contributed by atoms with van der Waals surface area (Å²) >= 11 is 3.66. The van der Waals surface area contributed by atoms with Crippen LogP contribution in [0.15, 0.2) is 30.3 Å². The molecule has 0 aromatic heterocycles. The van der Waals surface area contributed by atoms with Crippen LogP contribution in [-0.4, -0.2) is 33.9 Å². The van der Waals surface area contributed by atoms with Gasteiger partial charge in [0.15, 0.2) is 0 Å². The highest BCUT2D eigenvalue weighted by atomic mass is 32.1. The van der Waals surface area contributed by atoms with E-state index >= 15 is 0 Å². The van der Waals surface area contributed by atoms with E-state index in [0.29, 0.717) is 0 Å². The van der Waals surface area contributed by atoms with Gasteiger partial charge < -0.3 is 14.2 Å². The normalized spacial score (nSPS) is 23.0. The van der Waals surface area contributed by atoms with E-state index in [2.05, 4.69) is 12.6 Å². The maximum absolute atomic E-state index is 12.8. The van der Waals surface area contributed by atoms with Crippen LogP contribution in [0.3, 0.4) is 0 Å². The monoisotopic (exact) mass is 353 g/mol. The first-order valence-corrected chi connectivity index (χ1v) is 8.11. The van der Waals surface area contributed by atoms with Gasteiger partial charge in [0, 0.05) is 0 Å². The van der Waals surface area contributed by atoms with E-state index in [4.69, 9.17) is 14.2 Å². The van der Waals surface area contributed by atoms with E-state index in [9.17, 15) is 9.59 Å². The van der Waals surface area contributed by atoms with Crippen molar-refractivity contribution in [2.75, 3.05) is 0 Å². The average Bonchev–Trinajstić information content (AvgIpc) is 2.67. The molecule has 1 aliphatic rings. The van der Waals surface area contributed by atoms with Gasteiger partial charge in [-0.15, -0.1) is 0 Å². The lowest BCUT2D eigenvalue weighted by Gasteiger charge is -2.34. The molecule has 1 aromatic rings. The lowest BCUT2D eigenvalue weighted by atomic mass is 10.0. The molecule has 1 amide bonds. The molecule has 2 atom stereocenters. The van der Waals surface area contributed by atoms with Crippen LogP contribution >= 0.6 is 12.6 Å². The molecule has 1 fully saturated rings. The predicted octanol–water partition coefficient (Wildman–Crippen LogP) is 4.12. The van der Waals surface area contributed by atoms with Crippen molar-refractivity contribution in [3.63, 3.8) is 0 Å². The molecular formula is C17H23NO5S. The van der Waals surface area contributed by atoms with Gasteiger partial charge in [-0.2, -0.15) is 0 Å². The second-order valence-electron chi connectivity index (χ2n) is 7.02. The second kappa shape index (κ2) is 6.64. The summed E-state index contributed by atoms with van der Waals surface area (Å²) in [5, 5.41) is -0.775. The Morgan fingerprint density at radius 3 is 2.29 bits per heavy atom. The quantitative estimate of drug-likeness (QED) is 0.640. The van der Waals surface area contributed by atoms with Gasteiger partial charge in [0.25, 0.3) is 0 Å².